The van der Waals surface area contributed by atoms with Gasteiger partial charge in [0, 0.05) is 12.0 Å². The third-order valence-corrected chi connectivity index (χ3v) is 4.76. The molecular formula is C24H27NO. The molecule has 0 fully saturated rings. The van der Waals surface area contributed by atoms with E-state index >= 15 is 0 Å². The molecule has 0 aliphatic rings. The first-order chi connectivity index (χ1) is 12.4. The van der Waals surface area contributed by atoms with Gasteiger partial charge in [-0.15, -0.1) is 0 Å². The van der Waals surface area contributed by atoms with Crippen LogP contribution < -0.4 is 5.32 Å². The monoisotopic (exact) mass is 345 g/mol. The van der Waals surface area contributed by atoms with E-state index in [0.717, 1.165) is 0 Å². The molecule has 0 radical (unpaired) electrons. The van der Waals surface area contributed by atoms with Gasteiger partial charge in [-0.25, -0.2) is 0 Å². The first kappa shape index (κ1) is 18.3. The molecule has 1 N–H and O–H groups in total. The highest BCUT2D eigenvalue weighted by atomic mass is 16.1. The Hall–Kier alpha value is -2.45. The van der Waals surface area contributed by atoms with Crippen molar-refractivity contribution in [2.24, 2.45) is 5.41 Å². The summed E-state index contributed by atoms with van der Waals surface area (Å²) in [6.45, 7) is 6.66. The lowest BCUT2D eigenvalue weighted by molar-refractivity contribution is -0.128. The Bertz CT molecular complexity index is 872. The quantitative estimate of drug-likeness (QED) is 0.669. The third kappa shape index (κ3) is 4.39. The number of hydrogen-bond acceptors (Lipinski definition) is 2. The maximum Gasteiger partial charge on any atom is 0.155 e. The molecule has 3 aromatic carbocycles. The summed E-state index contributed by atoms with van der Waals surface area (Å²) in [6, 6.07) is 24.8. The number of rotatable bonds is 6. The Labute approximate surface area is 156 Å². The fourth-order valence-corrected chi connectivity index (χ4v) is 3.31. The van der Waals surface area contributed by atoms with Crippen LogP contribution in [0, 0.1) is 5.41 Å². The van der Waals surface area contributed by atoms with Crippen molar-refractivity contribution < 1.29 is 4.79 Å². The van der Waals surface area contributed by atoms with Crippen LogP contribution in [0.25, 0.3) is 10.8 Å². The molecule has 0 amide bonds. The highest BCUT2D eigenvalue weighted by Gasteiger charge is 2.29. The predicted molar refractivity (Wildman–Crippen MR) is 109 cm³/mol. The van der Waals surface area contributed by atoms with Gasteiger partial charge >= 0.3 is 0 Å². The molecule has 2 nitrogen and oxygen atoms in total. The van der Waals surface area contributed by atoms with E-state index in [4.69, 9.17) is 0 Å². The number of nitrogens with one attached hydrogen (secondary N) is 1. The van der Waals surface area contributed by atoms with E-state index in [1.54, 1.807) is 0 Å². The van der Waals surface area contributed by atoms with Gasteiger partial charge < -0.3 is 5.32 Å². The van der Waals surface area contributed by atoms with E-state index in [2.05, 4.69) is 59.9 Å². The van der Waals surface area contributed by atoms with Gasteiger partial charge in [-0.3, -0.25) is 4.79 Å². The van der Waals surface area contributed by atoms with Crippen LogP contribution in [0.4, 0.5) is 0 Å². The lowest BCUT2D eigenvalue weighted by atomic mass is 9.84. The molecule has 1 unspecified atom stereocenters. The highest BCUT2D eigenvalue weighted by molar-refractivity contribution is 5.89. The normalized spacial score (nSPS) is 12.9. The van der Waals surface area contributed by atoms with Crippen LogP contribution in [0.1, 0.15) is 31.9 Å². The molecule has 1 atom stereocenters. The topological polar surface area (TPSA) is 29.1 Å². The lowest BCUT2D eigenvalue weighted by Crippen LogP contribution is -2.44. The second-order valence-corrected chi connectivity index (χ2v) is 7.88. The van der Waals surface area contributed by atoms with Crippen molar-refractivity contribution in [1.29, 1.82) is 0 Å². The van der Waals surface area contributed by atoms with Crippen LogP contribution in [-0.4, -0.2) is 11.8 Å². The number of hydrogen-bond donors (Lipinski definition) is 1. The Morgan fingerprint density at radius 2 is 1.54 bits per heavy atom. The van der Waals surface area contributed by atoms with Gasteiger partial charge in [0.15, 0.2) is 5.78 Å². The fraction of sp³-hybridized carbons (Fsp3) is 0.292. The van der Waals surface area contributed by atoms with Crippen molar-refractivity contribution >= 4 is 16.6 Å². The molecule has 0 saturated heterocycles. The highest BCUT2D eigenvalue weighted by Crippen LogP contribution is 2.21. The summed E-state index contributed by atoms with van der Waals surface area (Å²) >= 11 is 0. The molecule has 0 aliphatic heterocycles. The van der Waals surface area contributed by atoms with Gasteiger partial charge in [0.2, 0.25) is 0 Å². The number of benzene rings is 3. The SMILES string of the molecule is CC(C)(C)C(=O)C(Cc1ccccc1)NCc1cccc2ccccc12. The number of carbonyl (C=O) groups excluding carboxylic acids is 1. The molecule has 0 heterocycles. The lowest BCUT2D eigenvalue weighted by Gasteiger charge is -2.26. The predicted octanol–water partition coefficient (Wildman–Crippen LogP) is 5.16. The number of carbonyl (C=O) groups is 1. The van der Waals surface area contributed by atoms with Gasteiger partial charge in [0.25, 0.3) is 0 Å². The van der Waals surface area contributed by atoms with E-state index in [9.17, 15) is 4.79 Å². The summed E-state index contributed by atoms with van der Waals surface area (Å²) in [7, 11) is 0. The van der Waals surface area contributed by atoms with Gasteiger partial charge in [-0.05, 0) is 28.3 Å². The zero-order valence-electron chi connectivity index (χ0n) is 15.8. The van der Waals surface area contributed by atoms with Crippen LogP contribution in [0.15, 0.2) is 72.8 Å². The molecule has 0 bridgehead atoms. The van der Waals surface area contributed by atoms with Crippen molar-refractivity contribution in [3.63, 3.8) is 0 Å². The molecule has 26 heavy (non-hydrogen) atoms. The maximum atomic E-state index is 13.0. The summed E-state index contributed by atoms with van der Waals surface area (Å²) in [5, 5.41) is 6.00. The van der Waals surface area contributed by atoms with Crippen molar-refractivity contribution in [2.75, 3.05) is 0 Å². The Balaban J connectivity index is 1.82. The van der Waals surface area contributed by atoms with E-state index < -0.39 is 0 Å². The molecule has 3 rings (SSSR count). The number of ketones is 1. The van der Waals surface area contributed by atoms with E-state index in [0.29, 0.717) is 13.0 Å². The molecule has 0 spiro atoms. The zero-order valence-corrected chi connectivity index (χ0v) is 15.8. The van der Waals surface area contributed by atoms with Crippen molar-refractivity contribution in [3.05, 3.63) is 83.9 Å². The van der Waals surface area contributed by atoms with Crippen LogP contribution in [-0.2, 0) is 17.8 Å². The minimum atomic E-state index is -0.370. The van der Waals surface area contributed by atoms with Gasteiger partial charge in [0.1, 0.15) is 0 Å². The Kier molecular flexibility index (Phi) is 5.53. The molecule has 0 saturated carbocycles. The molecule has 3 aromatic rings. The van der Waals surface area contributed by atoms with Crippen LogP contribution >= 0.6 is 0 Å². The average Bonchev–Trinajstić information content (AvgIpc) is 2.64. The molecule has 2 heteroatoms. The summed E-state index contributed by atoms with van der Waals surface area (Å²) in [6.07, 6.45) is 0.710. The van der Waals surface area contributed by atoms with Crippen LogP contribution in [0.3, 0.4) is 0 Å². The maximum absolute atomic E-state index is 13.0. The fourth-order valence-electron chi connectivity index (χ4n) is 3.31. The summed E-state index contributed by atoms with van der Waals surface area (Å²) in [5.74, 6) is 0.251. The van der Waals surface area contributed by atoms with Crippen molar-refractivity contribution in [2.45, 2.75) is 39.8 Å². The van der Waals surface area contributed by atoms with E-state index in [1.807, 2.05) is 39.0 Å². The van der Waals surface area contributed by atoms with E-state index in [-0.39, 0.29) is 17.2 Å². The smallest absolute Gasteiger partial charge is 0.155 e. The van der Waals surface area contributed by atoms with Gasteiger partial charge in [-0.1, -0.05) is 93.6 Å². The van der Waals surface area contributed by atoms with Crippen molar-refractivity contribution in [3.8, 4) is 0 Å². The standard InChI is InChI=1S/C24H27NO/c1-24(2,3)23(26)22(16-18-10-5-4-6-11-18)25-17-20-14-9-13-19-12-7-8-15-21(19)20/h4-15,22,25H,16-17H2,1-3H3. The first-order valence-corrected chi connectivity index (χ1v) is 9.23. The number of fused-ring (bicyclic) bond motifs is 1. The number of Topliss-reactive ketones (excluding diaryl/α,β-unsaturated/α-hetero) is 1. The van der Waals surface area contributed by atoms with Gasteiger partial charge in [-0.2, -0.15) is 0 Å². The molecule has 0 aromatic heterocycles. The second-order valence-electron chi connectivity index (χ2n) is 7.88. The largest absolute Gasteiger partial charge is 0.303 e. The first-order valence-electron chi connectivity index (χ1n) is 9.23. The zero-order chi connectivity index (χ0) is 18.6. The summed E-state index contributed by atoms with van der Waals surface area (Å²) in [4.78, 5) is 13.0. The van der Waals surface area contributed by atoms with Gasteiger partial charge in [0.05, 0.1) is 6.04 Å². The Morgan fingerprint density at radius 3 is 2.27 bits per heavy atom. The average molecular weight is 345 g/mol. The molecular weight excluding hydrogens is 318 g/mol. The third-order valence-electron chi connectivity index (χ3n) is 4.76. The minimum absolute atomic E-state index is 0.198. The van der Waals surface area contributed by atoms with E-state index in [1.165, 1.54) is 21.9 Å². The Morgan fingerprint density at radius 1 is 0.885 bits per heavy atom. The van der Waals surface area contributed by atoms with Crippen LogP contribution in [0.2, 0.25) is 0 Å². The summed E-state index contributed by atoms with van der Waals surface area (Å²) < 4.78 is 0. The molecule has 134 valence electrons. The van der Waals surface area contributed by atoms with Crippen LogP contribution in [0.5, 0.6) is 0 Å². The van der Waals surface area contributed by atoms with Crippen molar-refractivity contribution in [1.82, 2.24) is 5.32 Å². The summed E-state index contributed by atoms with van der Waals surface area (Å²) in [5.41, 5.74) is 2.04. The molecule has 0 aliphatic carbocycles. The second kappa shape index (κ2) is 7.84. The minimum Gasteiger partial charge on any atom is -0.303 e.